The van der Waals surface area contributed by atoms with Crippen LogP contribution in [-0.4, -0.2) is 13.3 Å². The van der Waals surface area contributed by atoms with E-state index in [-0.39, 0.29) is 18.6 Å². The van der Waals surface area contributed by atoms with Gasteiger partial charge in [-0.25, -0.2) is 0 Å². The van der Waals surface area contributed by atoms with Crippen LogP contribution in [0, 0.1) is 6.61 Å². The Balaban J connectivity index is 0.000000640. The van der Waals surface area contributed by atoms with Gasteiger partial charge in [0.1, 0.15) is 0 Å². The standard InChI is InChI=1S/C4H8O3P.V/c1-8(5)6-3-2-4-7-8;/h3H,2,4H2,1H3;/q-1;/t8-;/m0./s1. The zero-order chi connectivity index (χ0) is 6.04. The van der Waals surface area contributed by atoms with Crippen molar-refractivity contribution < 1.29 is 32.2 Å². The maximum Gasteiger partial charge on any atom is 0.297 e. The van der Waals surface area contributed by atoms with Crippen molar-refractivity contribution in [3.8, 4) is 0 Å². The molecule has 1 aliphatic heterocycles. The van der Waals surface area contributed by atoms with Gasteiger partial charge in [-0.05, 0) is 0 Å². The van der Waals surface area contributed by atoms with Crippen molar-refractivity contribution in [2.24, 2.45) is 0 Å². The van der Waals surface area contributed by atoms with E-state index in [4.69, 9.17) is 4.52 Å². The van der Waals surface area contributed by atoms with Crippen LogP contribution in [0.2, 0.25) is 0 Å². The predicted molar refractivity (Wildman–Crippen MR) is 29.5 cm³/mol. The van der Waals surface area contributed by atoms with E-state index in [0.717, 1.165) is 6.42 Å². The van der Waals surface area contributed by atoms with Crippen LogP contribution >= 0.6 is 7.60 Å². The maximum absolute atomic E-state index is 10.8. The molecule has 0 N–H and O–H groups in total. The predicted octanol–water partition coefficient (Wildman–Crippen LogP) is 1.41. The summed E-state index contributed by atoms with van der Waals surface area (Å²) in [5, 5.41) is 0. The van der Waals surface area contributed by atoms with Crippen molar-refractivity contribution in [2.75, 3.05) is 13.3 Å². The van der Waals surface area contributed by atoms with E-state index in [9.17, 15) is 4.57 Å². The Labute approximate surface area is 66.5 Å². The van der Waals surface area contributed by atoms with Crippen LogP contribution in [0.25, 0.3) is 0 Å². The summed E-state index contributed by atoms with van der Waals surface area (Å²) in [6.45, 7) is 3.51. The maximum atomic E-state index is 10.8. The molecule has 0 amide bonds. The molecule has 1 radical (unpaired) electrons. The van der Waals surface area contributed by atoms with Gasteiger partial charge in [0.2, 0.25) is 0 Å². The fourth-order valence-electron chi connectivity index (χ4n) is 0.485. The number of hydrogen-bond donors (Lipinski definition) is 0. The second-order valence-electron chi connectivity index (χ2n) is 1.67. The van der Waals surface area contributed by atoms with Crippen molar-refractivity contribution in [3.05, 3.63) is 6.61 Å². The first-order chi connectivity index (χ1) is 3.71. The van der Waals surface area contributed by atoms with Gasteiger partial charge in [0.25, 0.3) is 7.60 Å². The van der Waals surface area contributed by atoms with E-state index in [1.54, 1.807) is 0 Å². The van der Waals surface area contributed by atoms with Gasteiger partial charge in [0, 0.05) is 31.8 Å². The van der Waals surface area contributed by atoms with Crippen molar-refractivity contribution in [1.82, 2.24) is 0 Å². The molecule has 3 nitrogen and oxygen atoms in total. The van der Waals surface area contributed by atoms with E-state index in [1.807, 2.05) is 0 Å². The summed E-state index contributed by atoms with van der Waals surface area (Å²) in [4.78, 5) is 0. The molecule has 0 aliphatic carbocycles. The molecule has 1 rings (SSSR count). The molecule has 1 aliphatic rings. The van der Waals surface area contributed by atoms with E-state index in [0.29, 0.717) is 6.61 Å². The summed E-state index contributed by atoms with van der Waals surface area (Å²) in [5.74, 6) is 0. The van der Waals surface area contributed by atoms with Gasteiger partial charge < -0.3 is 9.05 Å². The quantitative estimate of drug-likeness (QED) is 0.423. The molecule has 0 aromatic rings. The molecule has 9 heavy (non-hydrogen) atoms. The Morgan fingerprint density at radius 2 is 2.33 bits per heavy atom. The normalized spacial score (nSPS) is 35.2. The van der Waals surface area contributed by atoms with E-state index >= 15 is 0 Å². The monoisotopic (exact) mass is 186 g/mol. The minimum absolute atomic E-state index is 0. The van der Waals surface area contributed by atoms with Crippen molar-refractivity contribution in [3.63, 3.8) is 0 Å². The molecule has 5 heteroatoms. The summed E-state index contributed by atoms with van der Waals surface area (Å²) < 4.78 is 20.2. The van der Waals surface area contributed by atoms with E-state index in [2.05, 4.69) is 4.52 Å². The third-order valence-electron chi connectivity index (χ3n) is 0.828. The Morgan fingerprint density at radius 1 is 1.67 bits per heavy atom. The zero-order valence-corrected chi connectivity index (χ0v) is 7.40. The first kappa shape index (κ1) is 9.73. The summed E-state index contributed by atoms with van der Waals surface area (Å²) >= 11 is 0. The second kappa shape index (κ2) is 3.79. The van der Waals surface area contributed by atoms with Crippen LogP contribution in [0.3, 0.4) is 0 Å². The molecule has 1 saturated heterocycles. The molecule has 1 heterocycles. The van der Waals surface area contributed by atoms with Gasteiger partial charge in [-0.1, -0.05) is 0 Å². The van der Waals surface area contributed by atoms with Crippen LogP contribution in [0.4, 0.5) is 0 Å². The van der Waals surface area contributed by atoms with Crippen LogP contribution in [-0.2, 0) is 32.2 Å². The molecule has 0 aromatic carbocycles. The summed E-state index contributed by atoms with van der Waals surface area (Å²) in [7, 11) is -2.64. The Bertz CT molecular complexity index is 117. The van der Waals surface area contributed by atoms with E-state index in [1.165, 1.54) is 13.3 Å². The molecule has 0 unspecified atom stereocenters. The van der Waals surface area contributed by atoms with Crippen LogP contribution in [0.1, 0.15) is 6.42 Å². The molecule has 53 valence electrons. The van der Waals surface area contributed by atoms with Crippen molar-refractivity contribution in [1.29, 1.82) is 0 Å². The molecule has 1 atom stereocenters. The molecular weight excluding hydrogens is 178 g/mol. The molecule has 0 bridgehead atoms. The largest absolute Gasteiger partial charge is 0.486 e. The second-order valence-corrected chi connectivity index (χ2v) is 3.68. The Kier molecular flexibility index (Phi) is 4.10. The molecule has 1 fully saturated rings. The van der Waals surface area contributed by atoms with Crippen molar-refractivity contribution in [2.45, 2.75) is 6.42 Å². The van der Waals surface area contributed by atoms with Crippen molar-refractivity contribution >= 4 is 7.60 Å². The number of rotatable bonds is 0. The molecular formula is C4H8O3PV-. The minimum Gasteiger partial charge on any atom is -0.486 e. The third-order valence-corrected chi connectivity index (χ3v) is 2.01. The van der Waals surface area contributed by atoms with Gasteiger partial charge in [0.05, 0.1) is 0 Å². The van der Waals surface area contributed by atoms with Gasteiger partial charge in [-0.2, -0.15) is 6.61 Å². The first-order valence-electron chi connectivity index (χ1n) is 2.43. The molecule has 0 aromatic heterocycles. The average Bonchev–Trinajstić information content (AvgIpc) is 1.65. The Morgan fingerprint density at radius 3 is 2.56 bits per heavy atom. The van der Waals surface area contributed by atoms with Crippen LogP contribution in [0.5, 0.6) is 0 Å². The Hall–Kier alpha value is 0.734. The number of hydrogen-bond acceptors (Lipinski definition) is 3. The van der Waals surface area contributed by atoms with E-state index < -0.39 is 7.60 Å². The average molecular weight is 186 g/mol. The van der Waals surface area contributed by atoms with Gasteiger partial charge in [0.15, 0.2) is 0 Å². The molecule has 0 saturated carbocycles. The minimum atomic E-state index is -2.64. The first-order valence-corrected chi connectivity index (χ1v) is 4.42. The summed E-state index contributed by atoms with van der Waals surface area (Å²) in [5.41, 5.74) is 0. The third kappa shape index (κ3) is 3.44. The fourth-order valence-corrected chi connectivity index (χ4v) is 1.36. The smallest absolute Gasteiger partial charge is 0.297 e. The van der Waals surface area contributed by atoms with Crippen LogP contribution < -0.4 is 0 Å². The van der Waals surface area contributed by atoms with Gasteiger partial charge in [-0.3, -0.25) is 4.57 Å². The topological polar surface area (TPSA) is 35.5 Å². The summed E-state index contributed by atoms with van der Waals surface area (Å²) in [6, 6.07) is 0. The zero-order valence-electron chi connectivity index (χ0n) is 5.11. The molecule has 0 spiro atoms. The van der Waals surface area contributed by atoms with Gasteiger partial charge in [-0.15, -0.1) is 6.42 Å². The van der Waals surface area contributed by atoms with Crippen LogP contribution in [0.15, 0.2) is 0 Å². The van der Waals surface area contributed by atoms with Gasteiger partial charge >= 0.3 is 0 Å². The summed E-state index contributed by atoms with van der Waals surface area (Å²) in [6.07, 6.45) is 0.734. The SMILES string of the molecule is C[P@]1(=O)O[CH-]CCO1.[V]. The fraction of sp³-hybridized carbons (Fsp3) is 0.750.